The highest BCUT2D eigenvalue weighted by molar-refractivity contribution is 7.15. The Morgan fingerprint density at radius 3 is 2.35 bits per heavy atom. The van der Waals surface area contributed by atoms with E-state index in [0.29, 0.717) is 61.2 Å². The number of rotatable bonds is 7. The van der Waals surface area contributed by atoms with Crippen molar-refractivity contribution in [2.75, 3.05) is 32.7 Å². The molecule has 5 aromatic rings. The number of carbonyl (C=O) groups is 2. The molecule has 11 nitrogen and oxygen atoms in total. The quantitative estimate of drug-likeness (QED) is 0.198. The zero-order chi connectivity index (χ0) is 35.8. The Balaban J connectivity index is 0.00000131. The predicted octanol–water partition coefficient (Wildman–Crippen LogP) is 5.84. The summed E-state index contributed by atoms with van der Waals surface area (Å²) < 4.78 is 6.31. The number of aromatic nitrogens is 2. The smallest absolute Gasteiger partial charge is 0.290 e. The molecule has 8 rings (SSSR count). The van der Waals surface area contributed by atoms with Crippen LogP contribution in [0.1, 0.15) is 46.2 Å². The molecule has 0 spiro atoms. The van der Waals surface area contributed by atoms with Crippen LogP contribution < -0.4 is 0 Å². The van der Waals surface area contributed by atoms with Crippen molar-refractivity contribution in [1.29, 1.82) is 5.26 Å². The third-order valence-electron chi connectivity index (χ3n) is 10.1. The SMILES string of the molecule is Cc1c(-c2nc3cc(CN4CCC(C)C4)cc(C#N)c3o2)cccc1-c1cccc(-c2nc3c(s2)CN(C(=O)CN2CC(O)C2)C3)c1C.O=CO. The van der Waals surface area contributed by atoms with E-state index in [0.717, 1.165) is 74.2 Å². The number of hydrogen-bond donors (Lipinski definition) is 2. The fourth-order valence-electron chi connectivity index (χ4n) is 7.42. The molecular formula is C39H40N6O5S. The molecule has 5 heterocycles. The summed E-state index contributed by atoms with van der Waals surface area (Å²) in [4.78, 5) is 38.5. The Morgan fingerprint density at radius 2 is 1.71 bits per heavy atom. The lowest BCUT2D eigenvalue weighted by atomic mass is 9.91. The van der Waals surface area contributed by atoms with Crippen LogP contribution in [0.3, 0.4) is 0 Å². The van der Waals surface area contributed by atoms with Gasteiger partial charge in [0.25, 0.3) is 6.47 Å². The van der Waals surface area contributed by atoms with Crippen molar-refractivity contribution in [1.82, 2.24) is 24.7 Å². The van der Waals surface area contributed by atoms with Crippen molar-refractivity contribution in [3.8, 4) is 39.2 Å². The van der Waals surface area contributed by atoms with E-state index in [2.05, 4.69) is 62.1 Å². The van der Waals surface area contributed by atoms with Gasteiger partial charge in [-0.25, -0.2) is 9.97 Å². The van der Waals surface area contributed by atoms with Gasteiger partial charge in [0.1, 0.15) is 16.6 Å². The monoisotopic (exact) mass is 704 g/mol. The molecule has 2 saturated heterocycles. The first-order valence-electron chi connectivity index (χ1n) is 17.2. The third kappa shape index (κ3) is 6.90. The van der Waals surface area contributed by atoms with E-state index in [1.165, 1.54) is 6.42 Å². The van der Waals surface area contributed by atoms with Crippen LogP contribution in [0.15, 0.2) is 52.9 Å². The molecule has 51 heavy (non-hydrogen) atoms. The molecule has 1 atom stereocenters. The number of amides is 1. The highest BCUT2D eigenvalue weighted by atomic mass is 32.1. The molecule has 3 aromatic carbocycles. The number of likely N-dealkylation sites (tertiary alicyclic amines) is 2. The number of thiazole rings is 1. The molecule has 2 fully saturated rings. The van der Waals surface area contributed by atoms with Gasteiger partial charge in [-0.3, -0.25) is 19.4 Å². The number of benzene rings is 3. The second-order valence-corrected chi connectivity index (χ2v) is 14.9. The number of hydrogen-bond acceptors (Lipinski definition) is 10. The molecular weight excluding hydrogens is 665 g/mol. The Morgan fingerprint density at radius 1 is 1.02 bits per heavy atom. The van der Waals surface area contributed by atoms with E-state index in [1.54, 1.807) is 11.3 Å². The number of β-amino-alcohol motifs (C(OH)–C–C–N with tert-alkyl or cyclic N) is 1. The average Bonchev–Trinajstić information content (AvgIpc) is 3.88. The molecule has 0 aliphatic carbocycles. The summed E-state index contributed by atoms with van der Waals surface area (Å²) in [5.41, 5.74) is 10.2. The van der Waals surface area contributed by atoms with Crippen molar-refractivity contribution in [2.45, 2.75) is 52.9 Å². The van der Waals surface area contributed by atoms with Gasteiger partial charge >= 0.3 is 0 Å². The third-order valence-corrected chi connectivity index (χ3v) is 11.2. The number of carbonyl (C=O) groups excluding carboxylic acids is 1. The fraction of sp³-hybridized carbons (Fsp3) is 0.359. The molecule has 0 saturated carbocycles. The fourth-order valence-corrected chi connectivity index (χ4v) is 8.59. The first-order chi connectivity index (χ1) is 24.6. The molecule has 2 N–H and O–H groups in total. The van der Waals surface area contributed by atoms with Gasteiger partial charge in [-0.1, -0.05) is 37.3 Å². The number of nitriles is 1. The van der Waals surface area contributed by atoms with Gasteiger partial charge in [0.2, 0.25) is 11.8 Å². The Hall–Kier alpha value is -4.93. The number of nitrogens with zero attached hydrogens (tertiary/aromatic N) is 6. The van der Waals surface area contributed by atoms with Gasteiger partial charge in [-0.15, -0.1) is 11.3 Å². The number of oxazole rings is 1. The summed E-state index contributed by atoms with van der Waals surface area (Å²) in [7, 11) is 0. The van der Waals surface area contributed by atoms with Crippen molar-refractivity contribution in [3.63, 3.8) is 0 Å². The van der Waals surface area contributed by atoms with Crippen LogP contribution in [0.2, 0.25) is 0 Å². The van der Waals surface area contributed by atoms with Crippen LogP contribution in [0, 0.1) is 31.1 Å². The van der Waals surface area contributed by atoms with E-state index in [4.69, 9.17) is 24.3 Å². The van der Waals surface area contributed by atoms with Gasteiger partial charge in [0.05, 0.1) is 37.0 Å². The summed E-state index contributed by atoms with van der Waals surface area (Å²) in [6, 6.07) is 18.9. The zero-order valence-corrected chi connectivity index (χ0v) is 29.7. The number of fused-ring (bicyclic) bond motifs is 2. The van der Waals surface area contributed by atoms with Crippen LogP contribution in [0.5, 0.6) is 0 Å². The van der Waals surface area contributed by atoms with Crippen LogP contribution in [0.25, 0.3) is 44.3 Å². The maximum absolute atomic E-state index is 12.8. The molecule has 1 unspecified atom stereocenters. The molecule has 2 aromatic heterocycles. The van der Waals surface area contributed by atoms with E-state index in [9.17, 15) is 15.2 Å². The van der Waals surface area contributed by atoms with Crippen molar-refractivity contribution >= 4 is 34.8 Å². The van der Waals surface area contributed by atoms with E-state index >= 15 is 0 Å². The number of aliphatic hydroxyl groups is 1. The summed E-state index contributed by atoms with van der Waals surface area (Å²) in [6.45, 7) is 11.8. The Bertz CT molecular complexity index is 2140. The highest BCUT2D eigenvalue weighted by Gasteiger charge is 2.32. The lowest BCUT2D eigenvalue weighted by Crippen LogP contribution is -2.53. The van der Waals surface area contributed by atoms with E-state index < -0.39 is 0 Å². The van der Waals surface area contributed by atoms with Crippen LogP contribution in [-0.4, -0.2) is 86.1 Å². The summed E-state index contributed by atoms with van der Waals surface area (Å²) >= 11 is 1.66. The van der Waals surface area contributed by atoms with Crippen molar-refractivity contribution in [3.05, 3.63) is 81.4 Å². The summed E-state index contributed by atoms with van der Waals surface area (Å²) in [6.07, 6.45) is 0.896. The maximum atomic E-state index is 12.8. The Kier molecular flexibility index (Phi) is 9.72. The second-order valence-electron chi connectivity index (χ2n) is 13.8. The minimum Gasteiger partial charge on any atom is -0.483 e. The molecule has 12 heteroatoms. The maximum Gasteiger partial charge on any atom is 0.290 e. The first kappa shape index (κ1) is 34.5. The van der Waals surface area contributed by atoms with Gasteiger partial charge in [-0.2, -0.15) is 5.26 Å². The van der Waals surface area contributed by atoms with E-state index in [1.807, 2.05) is 28.0 Å². The largest absolute Gasteiger partial charge is 0.483 e. The molecule has 262 valence electrons. The van der Waals surface area contributed by atoms with Crippen LogP contribution >= 0.6 is 11.3 Å². The Labute approximate surface area is 300 Å². The minimum atomic E-state index is -0.311. The van der Waals surface area contributed by atoms with Crippen molar-refractivity contribution in [2.24, 2.45) is 5.92 Å². The van der Waals surface area contributed by atoms with Crippen LogP contribution in [-0.2, 0) is 29.2 Å². The van der Waals surface area contributed by atoms with Crippen molar-refractivity contribution < 1.29 is 24.2 Å². The van der Waals surface area contributed by atoms with Gasteiger partial charge in [-0.05, 0) is 78.7 Å². The summed E-state index contributed by atoms with van der Waals surface area (Å²) in [5, 5.41) is 27.4. The predicted molar refractivity (Wildman–Crippen MR) is 195 cm³/mol. The van der Waals surface area contributed by atoms with Crippen LogP contribution in [0.4, 0.5) is 0 Å². The highest BCUT2D eigenvalue weighted by Crippen LogP contribution is 2.40. The minimum absolute atomic E-state index is 0.0853. The van der Waals surface area contributed by atoms with Gasteiger partial charge in [0, 0.05) is 42.2 Å². The lowest BCUT2D eigenvalue weighted by Gasteiger charge is -2.36. The topological polar surface area (TPSA) is 147 Å². The molecule has 0 radical (unpaired) electrons. The van der Waals surface area contributed by atoms with E-state index in [-0.39, 0.29) is 18.5 Å². The summed E-state index contributed by atoms with van der Waals surface area (Å²) in [5.74, 6) is 1.30. The number of aliphatic hydroxyl groups excluding tert-OH is 1. The molecule has 3 aliphatic rings. The van der Waals surface area contributed by atoms with Gasteiger partial charge < -0.3 is 19.5 Å². The normalized spacial score (nSPS) is 17.5. The van der Waals surface area contributed by atoms with Gasteiger partial charge in [0.15, 0.2) is 5.58 Å². The average molecular weight is 705 g/mol. The standard InChI is InChI=1S/C38H38N6O3S.CH2O2/c1-22-10-11-42(15-22)16-25-12-26(14-39)36-32(13-25)40-37(47-36)30-8-4-6-28(23(30)2)29-7-5-9-31(24(29)3)38-41-33-19-44(20-34(33)48-38)35(46)21-43-17-27(45)18-43;2-1-3/h4-9,12-13,22,27,45H,10-11,15-21H2,1-3H3;1H,(H,2,3). The first-order valence-corrected chi connectivity index (χ1v) is 18.0. The second kappa shape index (κ2) is 14.4. The number of carboxylic acid groups (broad SMARTS) is 1. The molecule has 1 amide bonds. The zero-order valence-electron chi connectivity index (χ0n) is 28.9. The molecule has 3 aliphatic heterocycles. The lowest BCUT2D eigenvalue weighted by molar-refractivity contribution is -0.135. The molecule has 0 bridgehead atoms.